The number of hydrogen-bond acceptors (Lipinski definition) is 0. The van der Waals surface area contributed by atoms with E-state index in [1.165, 1.54) is 141 Å². The van der Waals surface area contributed by atoms with Crippen molar-refractivity contribution in [2.75, 3.05) is 0 Å². The van der Waals surface area contributed by atoms with Gasteiger partial charge in [-0.1, -0.05) is 169 Å². The maximum atomic E-state index is 2.49. The van der Waals surface area contributed by atoms with Gasteiger partial charge in [0.2, 0.25) is 0 Å². The van der Waals surface area contributed by atoms with Crippen LogP contribution in [0, 0.1) is 11.8 Å². The number of hydrogen-bond donors (Lipinski definition) is 0. The summed E-state index contributed by atoms with van der Waals surface area (Å²) in [6.07, 6.45) is 32.2. The van der Waals surface area contributed by atoms with Crippen LogP contribution in [-0.4, -0.2) is 0 Å². The normalized spacial score (nSPS) is 13.7. The minimum absolute atomic E-state index is 0.961. The highest BCUT2D eigenvalue weighted by atomic mass is 14.1. The molecular formula is C28H58. The van der Waals surface area contributed by atoms with E-state index >= 15 is 0 Å². The molecule has 0 aliphatic heterocycles. The summed E-state index contributed by atoms with van der Waals surface area (Å²) in [6.45, 7) is 9.59. The summed E-state index contributed by atoms with van der Waals surface area (Å²) in [5.41, 5.74) is 0. The first kappa shape index (κ1) is 28.0. The zero-order valence-corrected chi connectivity index (χ0v) is 20.7. The SMILES string of the molecule is CCCCCCCCCCCCC(C)CCCCC(C)CCCCCCCC. The summed E-state index contributed by atoms with van der Waals surface area (Å²) in [5, 5.41) is 0. The maximum Gasteiger partial charge on any atom is -0.0443 e. The van der Waals surface area contributed by atoms with Crippen molar-refractivity contribution >= 4 is 0 Å². The van der Waals surface area contributed by atoms with Crippen molar-refractivity contribution in [3.63, 3.8) is 0 Å². The molecule has 0 heterocycles. The number of rotatable bonds is 23. The Morgan fingerprint density at radius 2 is 0.536 bits per heavy atom. The van der Waals surface area contributed by atoms with Gasteiger partial charge in [-0.05, 0) is 11.8 Å². The first-order valence-electron chi connectivity index (χ1n) is 13.7. The molecule has 0 radical (unpaired) electrons. The second-order valence-corrected chi connectivity index (χ2v) is 10.0. The lowest BCUT2D eigenvalue weighted by Gasteiger charge is -2.13. The molecule has 0 saturated carbocycles. The smallest absolute Gasteiger partial charge is 0.0443 e. The van der Waals surface area contributed by atoms with Gasteiger partial charge >= 0.3 is 0 Å². The Hall–Kier alpha value is 0. The van der Waals surface area contributed by atoms with Crippen LogP contribution in [0.25, 0.3) is 0 Å². The van der Waals surface area contributed by atoms with E-state index in [0.717, 1.165) is 11.8 Å². The van der Waals surface area contributed by atoms with Gasteiger partial charge in [-0.3, -0.25) is 0 Å². The van der Waals surface area contributed by atoms with E-state index in [9.17, 15) is 0 Å². The monoisotopic (exact) mass is 394 g/mol. The van der Waals surface area contributed by atoms with E-state index in [1.54, 1.807) is 0 Å². The minimum atomic E-state index is 0.961. The van der Waals surface area contributed by atoms with Crippen LogP contribution < -0.4 is 0 Å². The maximum absolute atomic E-state index is 2.49. The lowest BCUT2D eigenvalue weighted by atomic mass is 9.93. The molecule has 0 saturated heterocycles. The summed E-state index contributed by atoms with van der Waals surface area (Å²) in [6, 6.07) is 0. The lowest BCUT2D eigenvalue weighted by Crippen LogP contribution is -1.98. The van der Waals surface area contributed by atoms with Crippen LogP contribution in [0.15, 0.2) is 0 Å². The predicted molar refractivity (Wildman–Crippen MR) is 131 cm³/mol. The fourth-order valence-electron chi connectivity index (χ4n) is 4.53. The highest BCUT2D eigenvalue weighted by Crippen LogP contribution is 2.21. The van der Waals surface area contributed by atoms with Crippen molar-refractivity contribution in [3.05, 3.63) is 0 Å². The zero-order chi connectivity index (χ0) is 20.7. The van der Waals surface area contributed by atoms with Gasteiger partial charge in [-0.2, -0.15) is 0 Å². The molecule has 0 N–H and O–H groups in total. The van der Waals surface area contributed by atoms with Crippen molar-refractivity contribution in [1.29, 1.82) is 0 Å². The van der Waals surface area contributed by atoms with Crippen molar-refractivity contribution in [3.8, 4) is 0 Å². The molecule has 28 heavy (non-hydrogen) atoms. The van der Waals surface area contributed by atoms with Gasteiger partial charge in [0.25, 0.3) is 0 Å². The van der Waals surface area contributed by atoms with Gasteiger partial charge in [0.1, 0.15) is 0 Å². The van der Waals surface area contributed by atoms with Gasteiger partial charge in [0.05, 0.1) is 0 Å². The molecule has 0 aliphatic rings. The van der Waals surface area contributed by atoms with Crippen LogP contribution in [-0.2, 0) is 0 Å². The second kappa shape index (κ2) is 23.3. The highest BCUT2D eigenvalue weighted by Gasteiger charge is 2.05. The topological polar surface area (TPSA) is 0 Å². The molecule has 0 heteroatoms. The molecule has 0 nitrogen and oxygen atoms in total. The Kier molecular flexibility index (Phi) is 23.3. The Bertz CT molecular complexity index is 269. The zero-order valence-electron chi connectivity index (χ0n) is 20.7. The molecular weight excluding hydrogens is 336 g/mol. The fraction of sp³-hybridized carbons (Fsp3) is 1.00. The molecule has 0 aromatic carbocycles. The Balaban J connectivity index is 3.27. The van der Waals surface area contributed by atoms with Crippen LogP contribution in [0.5, 0.6) is 0 Å². The van der Waals surface area contributed by atoms with Crippen molar-refractivity contribution in [2.24, 2.45) is 11.8 Å². The molecule has 0 aliphatic carbocycles. The van der Waals surface area contributed by atoms with Crippen LogP contribution >= 0.6 is 0 Å². The fourth-order valence-corrected chi connectivity index (χ4v) is 4.53. The lowest BCUT2D eigenvalue weighted by molar-refractivity contribution is 0.400. The molecule has 0 aromatic rings. The predicted octanol–water partition coefficient (Wildman–Crippen LogP) is 10.9. The van der Waals surface area contributed by atoms with E-state index in [-0.39, 0.29) is 0 Å². The van der Waals surface area contributed by atoms with E-state index in [1.807, 2.05) is 0 Å². The van der Waals surface area contributed by atoms with Gasteiger partial charge in [-0.25, -0.2) is 0 Å². The molecule has 0 aromatic heterocycles. The van der Waals surface area contributed by atoms with Gasteiger partial charge in [0.15, 0.2) is 0 Å². The molecule has 2 atom stereocenters. The Morgan fingerprint density at radius 1 is 0.321 bits per heavy atom. The third-order valence-electron chi connectivity index (χ3n) is 6.74. The van der Waals surface area contributed by atoms with Crippen molar-refractivity contribution in [2.45, 2.75) is 169 Å². The summed E-state index contributed by atoms with van der Waals surface area (Å²) in [4.78, 5) is 0. The van der Waals surface area contributed by atoms with Gasteiger partial charge < -0.3 is 0 Å². The van der Waals surface area contributed by atoms with Crippen molar-refractivity contribution in [1.82, 2.24) is 0 Å². The molecule has 0 spiro atoms. The van der Waals surface area contributed by atoms with E-state index in [2.05, 4.69) is 27.7 Å². The average Bonchev–Trinajstić information content (AvgIpc) is 2.69. The largest absolute Gasteiger partial charge is 0.0654 e. The second-order valence-electron chi connectivity index (χ2n) is 10.0. The summed E-state index contributed by atoms with van der Waals surface area (Å²) < 4.78 is 0. The van der Waals surface area contributed by atoms with E-state index in [0.29, 0.717) is 0 Å². The average molecular weight is 395 g/mol. The van der Waals surface area contributed by atoms with Crippen LogP contribution in [0.2, 0.25) is 0 Å². The van der Waals surface area contributed by atoms with Crippen LogP contribution in [0.1, 0.15) is 169 Å². The Labute approximate surface area is 181 Å². The third kappa shape index (κ3) is 22.3. The first-order chi connectivity index (χ1) is 13.7. The highest BCUT2D eigenvalue weighted by molar-refractivity contribution is 4.59. The third-order valence-corrected chi connectivity index (χ3v) is 6.74. The molecule has 0 rings (SSSR count). The van der Waals surface area contributed by atoms with E-state index in [4.69, 9.17) is 0 Å². The molecule has 0 fully saturated rings. The molecule has 170 valence electrons. The van der Waals surface area contributed by atoms with E-state index < -0.39 is 0 Å². The Morgan fingerprint density at radius 3 is 0.821 bits per heavy atom. The molecule has 2 unspecified atom stereocenters. The molecule has 0 bridgehead atoms. The number of unbranched alkanes of at least 4 members (excludes halogenated alkanes) is 15. The standard InChI is InChI=1S/C28H58/c1-5-7-9-11-13-14-15-16-18-20-24-28(4)26-22-21-25-27(3)23-19-17-12-10-8-6-2/h27-28H,5-26H2,1-4H3. The first-order valence-corrected chi connectivity index (χ1v) is 13.7. The summed E-state index contributed by atoms with van der Waals surface area (Å²) in [7, 11) is 0. The van der Waals surface area contributed by atoms with Crippen LogP contribution in [0.4, 0.5) is 0 Å². The minimum Gasteiger partial charge on any atom is -0.0654 e. The van der Waals surface area contributed by atoms with Crippen molar-refractivity contribution < 1.29 is 0 Å². The molecule has 0 amide bonds. The quantitative estimate of drug-likeness (QED) is 0.151. The van der Waals surface area contributed by atoms with Gasteiger partial charge in [-0.15, -0.1) is 0 Å². The van der Waals surface area contributed by atoms with Crippen LogP contribution in [0.3, 0.4) is 0 Å². The summed E-state index contributed by atoms with van der Waals surface area (Å²) >= 11 is 0. The summed E-state index contributed by atoms with van der Waals surface area (Å²) in [5.74, 6) is 1.92. The van der Waals surface area contributed by atoms with Gasteiger partial charge in [0, 0.05) is 0 Å².